The Morgan fingerprint density at radius 2 is 1.68 bits per heavy atom. The molecule has 1 saturated heterocycles. The van der Waals surface area contributed by atoms with Gasteiger partial charge in [-0.05, 0) is 35.6 Å². The summed E-state index contributed by atoms with van der Waals surface area (Å²) in [5, 5.41) is 0. The van der Waals surface area contributed by atoms with Crippen LogP contribution in [0.25, 0.3) is 0 Å². The summed E-state index contributed by atoms with van der Waals surface area (Å²) in [7, 11) is 0. The molecule has 1 heterocycles. The zero-order chi connectivity index (χ0) is 20.1. The molecule has 0 radical (unpaired) electrons. The number of carbonyl (C=O) groups is 1. The molecule has 150 valence electrons. The fraction of sp³-hybridized carbons (Fsp3) is 0.381. The van der Waals surface area contributed by atoms with Gasteiger partial charge in [0.05, 0.1) is 5.56 Å². The molecule has 0 unspecified atom stereocenters. The molecular formula is C21H23F3N2OS. The first-order valence-electron chi connectivity index (χ1n) is 9.15. The molecule has 7 heteroatoms. The topological polar surface area (TPSA) is 23.6 Å². The fourth-order valence-corrected chi connectivity index (χ4v) is 3.77. The van der Waals surface area contributed by atoms with E-state index in [-0.39, 0.29) is 18.0 Å². The fourth-order valence-electron chi connectivity index (χ4n) is 3.37. The molecule has 1 aliphatic heterocycles. The average molecular weight is 408 g/mol. The molecule has 0 atom stereocenters. The Bertz CT molecular complexity index is 808. The number of benzene rings is 2. The molecule has 0 N–H and O–H groups in total. The summed E-state index contributed by atoms with van der Waals surface area (Å²) in [4.78, 5) is 17.4. The van der Waals surface area contributed by atoms with Crippen LogP contribution in [-0.4, -0.2) is 41.6 Å². The van der Waals surface area contributed by atoms with Crippen LogP contribution in [0, 0.1) is 0 Å². The van der Waals surface area contributed by atoms with Crippen molar-refractivity contribution in [3.05, 3.63) is 65.2 Å². The maximum absolute atomic E-state index is 13.2. The average Bonchev–Trinajstić information content (AvgIpc) is 2.84. The van der Waals surface area contributed by atoms with E-state index < -0.39 is 11.7 Å². The lowest BCUT2D eigenvalue weighted by Gasteiger charge is -2.24. The van der Waals surface area contributed by atoms with Crippen LogP contribution < -0.4 is 0 Å². The lowest BCUT2D eigenvalue weighted by atomic mass is 10.1. The highest BCUT2D eigenvalue weighted by molar-refractivity contribution is 7.98. The number of nitrogens with zero attached hydrogens (tertiary/aromatic N) is 2. The zero-order valence-electron chi connectivity index (χ0n) is 15.7. The molecule has 3 nitrogen and oxygen atoms in total. The van der Waals surface area contributed by atoms with Crippen molar-refractivity contribution in [3.63, 3.8) is 0 Å². The van der Waals surface area contributed by atoms with Crippen LogP contribution in [0.3, 0.4) is 0 Å². The van der Waals surface area contributed by atoms with Crippen molar-refractivity contribution in [2.24, 2.45) is 0 Å². The predicted octanol–water partition coefficient (Wildman–Crippen LogP) is 4.66. The van der Waals surface area contributed by atoms with Crippen molar-refractivity contribution in [3.8, 4) is 0 Å². The minimum absolute atomic E-state index is 0.00915. The molecule has 2 aromatic carbocycles. The lowest BCUT2D eigenvalue weighted by molar-refractivity contribution is -0.139. The second kappa shape index (κ2) is 9.01. The summed E-state index contributed by atoms with van der Waals surface area (Å²) in [6.07, 6.45) is -2.07. The van der Waals surface area contributed by atoms with Crippen molar-refractivity contribution in [2.45, 2.75) is 30.6 Å². The van der Waals surface area contributed by atoms with Gasteiger partial charge in [-0.3, -0.25) is 9.69 Å². The van der Waals surface area contributed by atoms with Gasteiger partial charge in [0, 0.05) is 44.0 Å². The number of hydrogen-bond donors (Lipinski definition) is 0. The molecule has 0 saturated carbocycles. The lowest BCUT2D eigenvalue weighted by Crippen LogP contribution is -2.33. The summed E-state index contributed by atoms with van der Waals surface area (Å²) < 4.78 is 39.7. The van der Waals surface area contributed by atoms with E-state index in [1.165, 1.54) is 22.6 Å². The Hall–Kier alpha value is -1.99. The van der Waals surface area contributed by atoms with Gasteiger partial charge in [-0.25, -0.2) is 0 Å². The third-order valence-electron chi connectivity index (χ3n) is 4.93. The van der Waals surface area contributed by atoms with Crippen molar-refractivity contribution in [1.29, 1.82) is 0 Å². The van der Waals surface area contributed by atoms with Crippen LogP contribution in [0.1, 0.15) is 23.1 Å². The van der Waals surface area contributed by atoms with E-state index in [9.17, 15) is 18.0 Å². The Morgan fingerprint density at radius 3 is 2.36 bits per heavy atom. The van der Waals surface area contributed by atoms with E-state index in [4.69, 9.17) is 0 Å². The van der Waals surface area contributed by atoms with Gasteiger partial charge in [0.25, 0.3) is 0 Å². The van der Waals surface area contributed by atoms with Gasteiger partial charge in [-0.2, -0.15) is 13.2 Å². The third kappa shape index (κ3) is 5.29. The predicted molar refractivity (Wildman–Crippen MR) is 105 cm³/mol. The number of halogens is 3. The molecule has 0 spiro atoms. The molecule has 0 bridgehead atoms. The first-order chi connectivity index (χ1) is 13.4. The molecule has 0 aliphatic carbocycles. The minimum atomic E-state index is -4.42. The highest BCUT2D eigenvalue weighted by atomic mass is 32.2. The number of amides is 1. The van der Waals surface area contributed by atoms with Gasteiger partial charge in [0.2, 0.25) is 5.91 Å². The highest BCUT2D eigenvalue weighted by Gasteiger charge is 2.33. The summed E-state index contributed by atoms with van der Waals surface area (Å²) >= 11 is 1.69. The van der Waals surface area contributed by atoms with Crippen LogP contribution in [0.4, 0.5) is 13.2 Å². The Balaban J connectivity index is 1.65. The van der Waals surface area contributed by atoms with Gasteiger partial charge in [0.15, 0.2) is 0 Å². The second-order valence-corrected chi connectivity index (χ2v) is 7.72. The maximum Gasteiger partial charge on any atom is 0.416 e. The van der Waals surface area contributed by atoms with Crippen molar-refractivity contribution in [2.75, 3.05) is 25.9 Å². The first-order valence-corrected chi connectivity index (χ1v) is 10.4. The van der Waals surface area contributed by atoms with E-state index in [1.807, 2.05) is 6.26 Å². The molecule has 28 heavy (non-hydrogen) atoms. The highest BCUT2D eigenvalue weighted by Crippen LogP contribution is 2.32. The standard InChI is InChI=1S/C21H23F3N2OS/c1-28-18-8-6-16(7-9-18)14-25-11-10-20(27)26(13-12-25)15-17-4-2-3-5-19(17)21(22,23)24/h2-9H,10-15H2,1H3. The first kappa shape index (κ1) is 20.7. The van der Waals surface area contributed by atoms with E-state index in [0.29, 0.717) is 26.1 Å². The van der Waals surface area contributed by atoms with E-state index in [1.54, 1.807) is 22.7 Å². The SMILES string of the molecule is CSc1ccc(CN2CCC(=O)N(Cc3ccccc3C(F)(F)F)CC2)cc1. The Kier molecular flexibility index (Phi) is 6.67. The summed E-state index contributed by atoms with van der Waals surface area (Å²) in [6.45, 7) is 2.40. The summed E-state index contributed by atoms with van der Waals surface area (Å²) in [6, 6.07) is 13.8. The Morgan fingerprint density at radius 1 is 0.964 bits per heavy atom. The quantitative estimate of drug-likeness (QED) is 0.673. The van der Waals surface area contributed by atoms with Crippen LogP contribution in [-0.2, 0) is 24.1 Å². The van der Waals surface area contributed by atoms with E-state index in [0.717, 1.165) is 12.6 Å². The van der Waals surface area contributed by atoms with Crippen LogP contribution in [0.5, 0.6) is 0 Å². The molecule has 1 amide bonds. The molecule has 0 aromatic heterocycles. The molecule has 2 aromatic rings. The molecular weight excluding hydrogens is 385 g/mol. The number of carbonyl (C=O) groups excluding carboxylic acids is 1. The van der Waals surface area contributed by atoms with Crippen molar-refractivity contribution < 1.29 is 18.0 Å². The Labute approximate surface area is 167 Å². The number of rotatable bonds is 5. The third-order valence-corrected chi connectivity index (χ3v) is 5.67. The smallest absolute Gasteiger partial charge is 0.337 e. The van der Waals surface area contributed by atoms with Crippen molar-refractivity contribution in [1.82, 2.24) is 9.80 Å². The number of hydrogen-bond acceptors (Lipinski definition) is 3. The largest absolute Gasteiger partial charge is 0.416 e. The summed E-state index contributed by atoms with van der Waals surface area (Å²) in [5.74, 6) is -0.0998. The van der Waals surface area contributed by atoms with Crippen molar-refractivity contribution >= 4 is 17.7 Å². The van der Waals surface area contributed by atoms with Crippen LogP contribution in [0.2, 0.25) is 0 Å². The van der Waals surface area contributed by atoms with E-state index in [2.05, 4.69) is 29.2 Å². The normalized spacial score (nSPS) is 16.3. The van der Waals surface area contributed by atoms with Gasteiger partial charge in [0.1, 0.15) is 0 Å². The van der Waals surface area contributed by atoms with Gasteiger partial charge < -0.3 is 4.90 Å². The maximum atomic E-state index is 13.2. The molecule has 1 fully saturated rings. The van der Waals surface area contributed by atoms with Gasteiger partial charge in [-0.1, -0.05) is 30.3 Å². The monoisotopic (exact) mass is 408 g/mol. The minimum Gasteiger partial charge on any atom is -0.337 e. The number of alkyl halides is 3. The van der Waals surface area contributed by atoms with Crippen LogP contribution >= 0.6 is 11.8 Å². The number of thioether (sulfide) groups is 1. The second-order valence-electron chi connectivity index (χ2n) is 6.84. The molecule has 3 rings (SSSR count). The van der Waals surface area contributed by atoms with Gasteiger partial charge >= 0.3 is 6.18 Å². The zero-order valence-corrected chi connectivity index (χ0v) is 16.5. The van der Waals surface area contributed by atoms with Gasteiger partial charge in [-0.15, -0.1) is 11.8 Å². The molecule has 1 aliphatic rings. The van der Waals surface area contributed by atoms with E-state index >= 15 is 0 Å². The van der Waals surface area contributed by atoms with Crippen LogP contribution in [0.15, 0.2) is 53.4 Å². The summed E-state index contributed by atoms with van der Waals surface area (Å²) in [5.41, 5.74) is 0.642.